The molecule has 0 radical (unpaired) electrons. The first-order valence-corrected chi connectivity index (χ1v) is 6.39. The Balaban J connectivity index is 2.29. The molecule has 0 saturated carbocycles. The molecule has 96 valence electrons. The van der Waals surface area contributed by atoms with Crippen molar-refractivity contribution in [3.63, 3.8) is 0 Å². The van der Waals surface area contributed by atoms with E-state index < -0.39 is 27.3 Å². The summed E-state index contributed by atoms with van der Waals surface area (Å²) in [5.74, 6) is -1.78. The second kappa shape index (κ2) is 4.85. The topological polar surface area (TPSA) is 60.9 Å². The largest absolute Gasteiger partial charge is 0.399 e. The zero-order valence-electron chi connectivity index (χ0n) is 9.56. The van der Waals surface area contributed by atoms with Gasteiger partial charge in [0.1, 0.15) is 16.5 Å². The minimum absolute atomic E-state index is 0.00555. The van der Waals surface area contributed by atoms with E-state index in [0.29, 0.717) is 5.56 Å². The van der Waals surface area contributed by atoms with E-state index in [1.54, 1.807) is 13.2 Å². The first-order chi connectivity index (χ1) is 8.47. The van der Waals surface area contributed by atoms with Crippen LogP contribution in [0, 0.1) is 11.6 Å². The van der Waals surface area contributed by atoms with Crippen LogP contribution in [0.25, 0.3) is 0 Å². The summed E-state index contributed by atoms with van der Waals surface area (Å²) in [7, 11) is -0.106. The van der Waals surface area contributed by atoms with Crippen molar-refractivity contribution in [3.8, 4) is 0 Å². The Labute approximate surface area is 105 Å². The van der Waals surface area contributed by atoms with E-state index in [1.807, 2.05) is 0 Å². The number of aromatic nitrogens is 2. The standard InChI is InChI=1S/C11H11F2N3OS/c1-16-5-7(4-15-16)6-18(17)11-9(12)2-8(14)3-10(11)13/h2-5H,6,14H2,1H3. The van der Waals surface area contributed by atoms with E-state index in [0.717, 1.165) is 12.1 Å². The predicted octanol–water partition coefficient (Wildman–Crippen LogP) is 1.59. The SMILES string of the molecule is Cn1cc(CS(=O)c2c(F)cc(N)cc2F)cn1. The number of rotatable bonds is 3. The molecule has 1 heterocycles. The van der Waals surface area contributed by atoms with Gasteiger partial charge in [0.25, 0.3) is 0 Å². The normalized spacial score (nSPS) is 12.6. The van der Waals surface area contributed by atoms with Gasteiger partial charge in [-0.05, 0) is 12.1 Å². The number of anilines is 1. The van der Waals surface area contributed by atoms with Crippen LogP contribution in [0.5, 0.6) is 0 Å². The van der Waals surface area contributed by atoms with Crippen LogP contribution in [0.15, 0.2) is 29.4 Å². The summed E-state index contributed by atoms with van der Waals surface area (Å²) in [6, 6.07) is 1.92. The van der Waals surface area contributed by atoms with Gasteiger partial charge >= 0.3 is 0 Å². The van der Waals surface area contributed by atoms with Crippen molar-refractivity contribution in [1.82, 2.24) is 9.78 Å². The molecule has 0 aliphatic rings. The van der Waals surface area contributed by atoms with E-state index in [4.69, 9.17) is 5.73 Å². The van der Waals surface area contributed by atoms with Gasteiger partial charge in [0.15, 0.2) is 0 Å². The highest BCUT2D eigenvalue weighted by atomic mass is 32.2. The van der Waals surface area contributed by atoms with Gasteiger partial charge in [0.05, 0.1) is 22.7 Å². The third-order valence-corrected chi connectivity index (χ3v) is 3.75. The van der Waals surface area contributed by atoms with Gasteiger partial charge in [0, 0.05) is 24.5 Å². The molecule has 1 unspecified atom stereocenters. The molecule has 1 aromatic carbocycles. The van der Waals surface area contributed by atoms with Crippen LogP contribution in [0.1, 0.15) is 5.56 Å². The van der Waals surface area contributed by atoms with Crippen molar-refractivity contribution in [2.45, 2.75) is 10.6 Å². The fraction of sp³-hybridized carbons (Fsp3) is 0.182. The van der Waals surface area contributed by atoms with Gasteiger partial charge in [-0.1, -0.05) is 0 Å². The van der Waals surface area contributed by atoms with Crippen molar-refractivity contribution >= 4 is 16.5 Å². The Morgan fingerprint density at radius 3 is 2.50 bits per heavy atom. The van der Waals surface area contributed by atoms with Gasteiger partial charge < -0.3 is 5.73 Å². The molecule has 0 aliphatic heterocycles. The molecule has 0 amide bonds. The molecular formula is C11H11F2N3OS. The van der Waals surface area contributed by atoms with Gasteiger partial charge in [0.2, 0.25) is 0 Å². The lowest BCUT2D eigenvalue weighted by Crippen LogP contribution is -2.03. The molecule has 0 aliphatic carbocycles. The zero-order chi connectivity index (χ0) is 13.3. The Morgan fingerprint density at radius 1 is 1.39 bits per heavy atom. The Kier molecular flexibility index (Phi) is 3.42. The van der Waals surface area contributed by atoms with Crippen molar-refractivity contribution in [1.29, 1.82) is 0 Å². The van der Waals surface area contributed by atoms with E-state index in [9.17, 15) is 13.0 Å². The van der Waals surface area contributed by atoms with E-state index in [2.05, 4.69) is 5.10 Å². The molecule has 2 aromatic rings. The van der Waals surface area contributed by atoms with Gasteiger partial charge in [-0.25, -0.2) is 8.78 Å². The van der Waals surface area contributed by atoms with E-state index in [1.165, 1.54) is 10.9 Å². The number of aryl methyl sites for hydroxylation is 1. The number of halogens is 2. The van der Waals surface area contributed by atoms with Crippen LogP contribution in [-0.4, -0.2) is 14.0 Å². The smallest absolute Gasteiger partial charge is 0.144 e. The minimum Gasteiger partial charge on any atom is -0.399 e. The second-order valence-corrected chi connectivity index (χ2v) is 5.21. The third-order valence-electron chi connectivity index (χ3n) is 2.30. The summed E-state index contributed by atoms with van der Waals surface area (Å²) in [6.07, 6.45) is 3.15. The molecule has 1 atom stereocenters. The number of benzene rings is 1. The monoisotopic (exact) mass is 271 g/mol. The molecule has 2 N–H and O–H groups in total. The number of hydrogen-bond donors (Lipinski definition) is 1. The molecule has 18 heavy (non-hydrogen) atoms. The van der Waals surface area contributed by atoms with Crippen molar-refractivity contribution in [2.75, 3.05) is 5.73 Å². The summed E-state index contributed by atoms with van der Waals surface area (Å²) in [5.41, 5.74) is 5.90. The molecular weight excluding hydrogens is 260 g/mol. The summed E-state index contributed by atoms with van der Waals surface area (Å²) in [6.45, 7) is 0. The van der Waals surface area contributed by atoms with Crippen molar-refractivity contribution in [2.24, 2.45) is 7.05 Å². The fourth-order valence-corrected chi connectivity index (χ4v) is 2.72. The lowest BCUT2D eigenvalue weighted by molar-refractivity contribution is 0.535. The summed E-state index contributed by atoms with van der Waals surface area (Å²) >= 11 is 0. The van der Waals surface area contributed by atoms with Crippen LogP contribution in [0.4, 0.5) is 14.5 Å². The van der Waals surface area contributed by atoms with Crippen LogP contribution >= 0.6 is 0 Å². The maximum absolute atomic E-state index is 13.5. The Morgan fingerprint density at radius 2 is 2.00 bits per heavy atom. The molecule has 0 saturated heterocycles. The van der Waals surface area contributed by atoms with Crippen LogP contribution in [0.3, 0.4) is 0 Å². The summed E-state index contributed by atoms with van der Waals surface area (Å²) < 4.78 is 40.5. The number of hydrogen-bond acceptors (Lipinski definition) is 3. The lowest BCUT2D eigenvalue weighted by Gasteiger charge is -2.05. The molecule has 4 nitrogen and oxygen atoms in total. The first kappa shape index (κ1) is 12.7. The zero-order valence-corrected chi connectivity index (χ0v) is 10.4. The lowest BCUT2D eigenvalue weighted by atomic mass is 10.3. The fourth-order valence-electron chi connectivity index (χ4n) is 1.57. The van der Waals surface area contributed by atoms with Crippen LogP contribution in [-0.2, 0) is 23.6 Å². The van der Waals surface area contributed by atoms with Gasteiger partial charge in [-0.15, -0.1) is 0 Å². The van der Waals surface area contributed by atoms with Crippen LogP contribution < -0.4 is 5.73 Å². The van der Waals surface area contributed by atoms with Gasteiger partial charge in [-0.3, -0.25) is 8.89 Å². The highest BCUT2D eigenvalue weighted by molar-refractivity contribution is 7.84. The van der Waals surface area contributed by atoms with Gasteiger partial charge in [-0.2, -0.15) is 5.10 Å². The van der Waals surface area contributed by atoms with E-state index in [-0.39, 0.29) is 11.4 Å². The Hall–Kier alpha value is -1.76. The highest BCUT2D eigenvalue weighted by Crippen LogP contribution is 2.22. The van der Waals surface area contributed by atoms with Crippen LogP contribution in [0.2, 0.25) is 0 Å². The third kappa shape index (κ3) is 2.56. The molecule has 0 spiro atoms. The Bertz CT molecular complexity index is 589. The van der Waals surface area contributed by atoms with E-state index >= 15 is 0 Å². The average Bonchev–Trinajstić information content (AvgIpc) is 2.62. The predicted molar refractivity (Wildman–Crippen MR) is 64.1 cm³/mol. The minimum atomic E-state index is -1.81. The summed E-state index contributed by atoms with van der Waals surface area (Å²) in [4.78, 5) is -0.451. The van der Waals surface area contributed by atoms with Crippen molar-refractivity contribution < 1.29 is 13.0 Å². The molecule has 0 fully saturated rings. The second-order valence-electron chi connectivity index (χ2n) is 3.83. The highest BCUT2D eigenvalue weighted by Gasteiger charge is 2.17. The maximum atomic E-state index is 13.5. The number of nitrogen functional groups attached to an aromatic ring is 1. The van der Waals surface area contributed by atoms with Crippen molar-refractivity contribution in [3.05, 3.63) is 41.7 Å². The molecule has 2 rings (SSSR count). The molecule has 7 heteroatoms. The quantitative estimate of drug-likeness (QED) is 0.862. The maximum Gasteiger partial charge on any atom is 0.144 e. The average molecular weight is 271 g/mol. The number of nitrogens with two attached hydrogens (primary N) is 1. The summed E-state index contributed by atoms with van der Waals surface area (Å²) in [5, 5.41) is 3.90. The molecule has 0 bridgehead atoms. The first-order valence-electron chi connectivity index (χ1n) is 5.08. The number of nitrogens with zero attached hydrogens (tertiary/aromatic N) is 2. The molecule has 1 aromatic heterocycles.